The average molecular weight is 318 g/mol. The van der Waals surface area contributed by atoms with Crippen LogP contribution in [0.1, 0.15) is 26.7 Å². The molecular formula is C14H30N4O2S. The maximum absolute atomic E-state index is 12.7. The first kappa shape index (κ1) is 17.1. The van der Waals surface area contributed by atoms with E-state index in [0.717, 1.165) is 32.5 Å². The van der Waals surface area contributed by atoms with E-state index < -0.39 is 10.2 Å². The van der Waals surface area contributed by atoms with Gasteiger partial charge in [-0.25, -0.2) is 0 Å². The summed E-state index contributed by atoms with van der Waals surface area (Å²) >= 11 is 0. The van der Waals surface area contributed by atoms with E-state index >= 15 is 0 Å². The van der Waals surface area contributed by atoms with E-state index in [1.54, 1.807) is 8.61 Å². The lowest BCUT2D eigenvalue weighted by atomic mass is 9.99. The molecule has 0 unspecified atom stereocenters. The Morgan fingerprint density at radius 2 is 1.52 bits per heavy atom. The summed E-state index contributed by atoms with van der Waals surface area (Å²) < 4.78 is 28.6. The number of piperazine rings is 1. The van der Waals surface area contributed by atoms with Gasteiger partial charge in [0.15, 0.2) is 0 Å². The van der Waals surface area contributed by atoms with Gasteiger partial charge in [0.05, 0.1) is 0 Å². The fourth-order valence-electron chi connectivity index (χ4n) is 3.20. The summed E-state index contributed by atoms with van der Waals surface area (Å²) in [5, 5.41) is 0. The number of piperidine rings is 1. The highest BCUT2D eigenvalue weighted by atomic mass is 32.2. The third kappa shape index (κ3) is 4.39. The molecule has 2 heterocycles. The minimum absolute atomic E-state index is 0.485. The highest BCUT2D eigenvalue weighted by Gasteiger charge is 2.34. The lowest BCUT2D eigenvalue weighted by Crippen LogP contribution is -2.54. The predicted molar refractivity (Wildman–Crippen MR) is 85.1 cm³/mol. The second kappa shape index (κ2) is 7.37. The molecule has 7 heteroatoms. The van der Waals surface area contributed by atoms with Crippen molar-refractivity contribution < 1.29 is 8.42 Å². The minimum Gasteiger partial charge on any atom is -0.330 e. The van der Waals surface area contributed by atoms with E-state index in [1.807, 2.05) is 0 Å². The van der Waals surface area contributed by atoms with Crippen LogP contribution in [0.3, 0.4) is 0 Å². The number of nitrogens with zero attached hydrogens (tertiary/aromatic N) is 3. The van der Waals surface area contributed by atoms with E-state index in [-0.39, 0.29) is 0 Å². The number of hydrogen-bond donors (Lipinski definition) is 1. The molecule has 0 radical (unpaired) electrons. The first-order chi connectivity index (χ1) is 9.93. The van der Waals surface area contributed by atoms with Crippen LogP contribution >= 0.6 is 0 Å². The molecule has 124 valence electrons. The first-order valence-corrected chi connectivity index (χ1v) is 9.50. The van der Waals surface area contributed by atoms with Crippen molar-refractivity contribution in [1.29, 1.82) is 0 Å². The number of rotatable bonds is 5. The van der Waals surface area contributed by atoms with Crippen LogP contribution in [0, 0.1) is 11.8 Å². The van der Waals surface area contributed by atoms with Gasteiger partial charge in [-0.15, -0.1) is 0 Å². The molecule has 0 aliphatic carbocycles. The Morgan fingerprint density at radius 3 is 2.00 bits per heavy atom. The maximum atomic E-state index is 12.7. The Hall–Kier alpha value is -0.210. The SMILES string of the molecule is CC(C)CN1CCN(S(=O)(=O)N2CCC(CN)CC2)CC1. The molecule has 0 saturated carbocycles. The maximum Gasteiger partial charge on any atom is 0.282 e. The van der Waals surface area contributed by atoms with E-state index in [4.69, 9.17) is 5.73 Å². The molecule has 0 spiro atoms. The minimum atomic E-state index is -3.27. The Kier molecular flexibility index (Phi) is 6.02. The second-order valence-electron chi connectivity index (χ2n) is 6.68. The van der Waals surface area contributed by atoms with Crippen molar-refractivity contribution in [3.05, 3.63) is 0 Å². The molecule has 2 N–H and O–H groups in total. The van der Waals surface area contributed by atoms with Crippen LogP contribution in [-0.4, -0.2) is 74.3 Å². The van der Waals surface area contributed by atoms with Crippen molar-refractivity contribution in [2.45, 2.75) is 26.7 Å². The van der Waals surface area contributed by atoms with E-state index in [0.29, 0.717) is 44.6 Å². The van der Waals surface area contributed by atoms with Crippen LogP contribution in [0.2, 0.25) is 0 Å². The Bertz CT molecular complexity index is 411. The lowest BCUT2D eigenvalue weighted by molar-refractivity contribution is 0.162. The summed E-state index contributed by atoms with van der Waals surface area (Å²) in [5.41, 5.74) is 5.67. The summed E-state index contributed by atoms with van der Waals surface area (Å²) in [5.74, 6) is 1.11. The highest BCUT2D eigenvalue weighted by molar-refractivity contribution is 7.86. The summed E-state index contributed by atoms with van der Waals surface area (Å²) in [4.78, 5) is 2.36. The molecule has 6 nitrogen and oxygen atoms in total. The summed E-state index contributed by atoms with van der Waals surface area (Å²) in [7, 11) is -3.27. The third-order valence-corrected chi connectivity index (χ3v) is 6.55. The van der Waals surface area contributed by atoms with Crippen molar-refractivity contribution in [2.75, 3.05) is 52.4 Å². The topological polar surface area (TPSA) is 69.9 Å². The average Bonchev–Trinajstić information content (AvgIpc) is 2.47. The van der Waals surface area contributed by atoms with Crippen molar-refractivity contribution in [1.82, 2.24) is 13.5 Å². The van der Waals surface area contributed by atoms with Crippen molar-refractivity contribution in [2.24, 2.45) is 17.6 Å². The standard InChI is InChI=1S/C14H30N4O2S/c1-13(2)12-16-7-9-18(10-8-16)21(19,20)17-5-3-14(11-15)4-6-17/h13-14H,3-12,15H2,1-2H3. The van der Waals surface area contributed by atoms with Gasteiger partial charge in [0.25, 0.3) is 10.2 Å². The Balaban J connectivity index is 1.87. The normalized spacial score (nSPS) is 24.8. The Labute approximate surface area is 129 Å². The molecule has 2 aliphatic heterocycles. The van der Waals surface area contributed by atoms with Gasteiger partial charge in [0, 0.05) is 45.8 Å². The highest BCUT2D eigenvalue weighted by Crippen LogP contribution is 2.21. The lowest BCUT2D eigenvalue weighted by Gasteiger charge is -2.39. The molecule has 2 aliphatic rings. The van der Waals surface area contributed by atoms with Crippen LogP contribution in [0.25, 0.3) is 0 Å². The molecule has 2 saturated heterocycles. The third-order valence-electron chi connectivity index (χ3n) is 4.51. The van der Waals surface area contributed by atoms with Crippen molar-refractivity contribution in [3.8, 4) is 0 Å². The molecule has 2 rings (SSSR count). The smallest absolute Gasteiger partial charge is 0.282 e. The van der Waals surface area contributed by atoms with Crippen molar-refractivity contribution in [3.63, 3.8) is 0 Å². The fourth-order valence-corrected chi connectivity index (χ4v) is 4.82. The van der Waals surface area contributed by atoms with Gasteiger partial charge in [-0.1, -0.05) is 13.8 Å². The molecular weight excluding hydrogens is 288 g/mol. The molecule has 0 aromatic rings. The van der Waals surface area contributed by atoms with Gasteiger partial charge in [0.2, 0.25) is 0 Å². The monoisotopic (exact) mass is 318 g/mol. The van der Waals surface area contributed by atoms with Gasteiger partial charge in [-0.2, -0.15) is 17.0 Å². The fraction of sp³-hybridized carbons (Fsp3) is 1.00. The second-order valence-corrected chi connectivity index (χ2v) is 8.61. The van der Waals surface area contributed by atoms with Crippen LogP contribution < -0.4 is 5.73 Å². The first-order valence-electron chi connectivity index (χ1n) is 8.11. The number of nitrogens with two attached hydrogens (primary N) is 1. The molecule has 0 aromatic carbocycles. The molecule has 0 aromatic heterocycles. The van der Waals surface area contributed by atoms with E-state index in [9.17, 15) is 8.42 Å². The quantitative estimate of drug-likeness (QED) is 0.785. The zero-order valence-corrected chi connectivity index (χ0v) is 14.2. The zero-order valence-electron chi connectivity index (χ0n) is 13.4. The van der Waals surface area contributed by atoms with Crippen LogP contribution in [0.4, 0.5) is 0 Å². The largest absolute Gasteiger partial charge is 0.330 e. The molecule has 2 fully saturated rings. The molecule has 21 heavy (non-hydrogen) atoms. The molecule has 0 atom stereocenters. The van der Waals surface area contributed by atoms with E-state index in [1.165, 1.54) is 0 Å². The predicted octanol–water partition coefficient (Wildman–Crippen LogP) is 0.176. The number of hydrogen-bond acceptors (Lipinski definition) is 4. The molecule has 0 amide bonds. The van der Waals surface area contributed by atoms with Crippen LogP contribution in [0.15, 0.2) is 0 Å². The van der Waals surface area contributed by atoms with Crippen LogP contribution in [-0.2, 0) is 10.2 Å². The molecule has 0 bridgehead atoms. The zero-order chi connectivity index (χ0) is 15.5. The van der Waals surface area contributed by atoms with Gasteiger partial charge in [0.1, 0.15) is 0 Å². The van der Waals surface area contributed by atoms with E-state index in [2.05, 4.69) is 18.7 Å². The Morgan fingerprint density at radius 1 is 1.00 bits per heavy atom. The summed E-state index contributed by atoms with van der Waals surface area (Å²) in [6.07, 6.45) is 1.78. The van der Waals surface area contributed by atoms with Gasteiger partial charge in [-0.05, 0) is 31.2 Å². The van der Waals surface area contributed by atoms with Gasteiger partial charge >= 0.3 is 0 Å². The van der Waals surface area contributed by atoms with Gasteiger partial charge in [-0.3, -0.25) is 0 Å². The van der Waals surface area contributed by atoms with Gasteiger partial charge < -0.3 is 10.6 Å². The summed E-state index contributed by atoms with van der Waals surface area (Å²) in [6.45, 7) is 10.3. The van der Waals surface area contributed by atoms with Crippen molar-refractivity contribution >= 4 is 10.2 Å². The summed E-state index contributed by atoms with van der Waals surface area (Å²) in [6, 6.07) is 0. The van der Waals surface area contributed by atoms with Crippen LogP contribution in [0.5, 0.6) is 0 Å².